The summed E-state index contributed by atoms with van der Waals surface area (Å²) in [5.74, 6) is -0.0611. The lowest BCUT2D eigenvalue weighted by atomic mass is 10.00. The number of benzene rings is 2. The number of nitriles is 2. The maximum atomic E-state index is 11.9. The van der Waals surface area contributed by atoms with Crippen LogP contribution in [0.1, 0.15) is 56.5 Å². The van der Waals surface area contributed by atoms with E-state index in [-0.39, 0.29) is 35.6 Å². The molecule has 0 fully saturated rings. The Morgan fingerprint density at radius 3 is 2.00 bits per heavy atom. The van der Waals surface area contributed by atoms with Crippen molar-refractivity contribution in [3.05, 3.63) is 65.5 Å². The van der Waals surface area contributed by atoms with Gasteiger partial charge in [-0.2, -0.15) is 20.7 Å². The average Bonchev–Trinajstić information content (AvgIpc) is 3.55. The van der Waals surface area contributed by atoms with Gasteiger partial charge in [0.1, 0.15) is 18.8 Å². The number of rotatable bonds is 7. The van der Waals surface area contributed by atoms with E-state index in [9.17, 15) is 14.4 Å². The van der Waals surface area contributed by atoms with Gasteiger partial charge in [0.05, 0.1) is 35.1 Å². The standard InChI is InChI=1S/C15H15N3O.C8H6N2O.C6H10N2O/c1-10(2)5-15(19)13(8-16)6-11-3-4-12-9-17-18-14(12)7-11;11-5-6-1-2-7-4-9-10-8(7)3-6;1-5(2)8-6(9)3-4-7/h3-4,6-7,9-10H,5H2,1-2H3,(H,17,18);1-5H,(H,9,10);5H,3H2,1-2H3,(H,8,9)/b13-6+;;. The van der Waals surface area contributed by atoms with Gasteiger partial charge in [-0.05, 0) is 43.5 Å². The minimum absolute atomic E-state index is 0.0435. The maximum Gasteiger partial charge on any atom is 0.234 e. The summed E-state index contributed by atoms with van der Waals surface area (Å²) in [6.45, 7) is 7.64. The predicted molar refractivity (Wildman–Crippen MR) is 149 cm³/mol. The normalized spacial score (nSPS) is 10.6. The van der Waals surface area contributed by atoms with Crippen LogP contribution >= 0.6 is 0 Å². The second kappa shape index (κ2) is 15.2. The Hall–Kier alpha value is -5.09. The van der Waals surface area contributed by atoms with Crippen molar-refractivity contribution in [1.29, 1.82) is 10.5 Å². The molecule has 0 aliphatic rings. The molecule has 0 radical (unpaired) electrons. The summed E-state index contributed by atoms with van der Waals surface area (Å²) in [7, 11) is 0. The number of nitrogens with one attached hydrogen (secondary N) is 3. The van der Waals surface area contributed by atoms with E-state index in [1.807, 2.05) is 58.0 Å². The number of fused-ring (bicyclic) bond motifs is 2. The number of hydrogen-bond donors (Lipinski definition) is 3. The van der Waals surface area contributed by atoms with E-state index in [2.05, 4.69) is 25.7 Å². The van der Waals surface area contributed by atoms with Crippen LogP contribution in [0.2, 0.25) is 0 Å². The molecule has 0 spiro atoms. The van der Waals surface area contributed by atoms with Crippen molar-refractivity contribution in [3.8, 4) is 12.1 Å². The Morgan fingerprint density at radius 2 is 1.51 bits per heavy atom. The molecule has 0 unspecified atom stereocenters. The molecule has 4 aromatic rings. The van der Waals surface area contributed by atoms with E-state index < -0.39 is 0 Å². The van der Waals surface area contributed by atoms with E-state index >= 15 is 0 Å². The first-order chi connectivity index (χ1) is 18.7. The van der Waals surface area contributed by atoms with Crippen LogP contribution in [-0.2, 0) is 9.59 Å². The topological polar surface area (TPSA) is 168 Å². The zero-order valence-corrected chi connectivity index (χ0v) is 22.4. The number of carbonyl (C=O) groups excluding carboxylic acids is 3. The number of H-pyrrole nitrogens is 2. The number of ketones is 1. The van der Waals surface area contributed by atoms with E-state index in [0.29, 0.717) is 12.0 Å². The number of hydrogen-bond acceptors (Lipinski definition) is 7. The highest BCUT2D eigenvalue weighted by molar-refractivity contribution is 6.03. The molecule has 0 aliphatic heterocycles. The molecule has 39 heavy (non-hydrogen) atoms. The van der Waals surface area contributed by atoms with Crippen LogP contribution in [0.4, 0.5) is 0 Å². The van der Waals surface area contributed by atoms with Gasteiger partial charge >= 0.3 is 0 Å². The molecule has 200 valence electrons. The second-order valence-electron chi connectivity index (χ2n) is 9.30. The monoisotopic (exact) mass is 525 g/mol. The lowest BCUT2D eigenvalue weighted by Crippen LogP contribution is -2.29. The van der Waals surface area contributed by atoms with Gasteiger partial charge in [0.15, 0.2) is 5.78 Å². The van der Waals surface area contributed by atoms with Crippen molar-refractivity contribution in [2.24, 2.45) is 5.92 Å². The fourth-order valence-corrected chi connectivity index (χ4v) is 3.34. The third-order valence-corrected chi connectivity index (χ3v) is 5.08. The molecule has 3 N–H and O–H groups in total. The molecule has 10 nitrogen and oxygen atoms in total. The summed E-state index contributed by atoms with van der Waals surface area (Å²) in [6, 6.07) is 14.9. The van der Waals surface area contributed by atoms with Gasteiger partial charge in [-0.3, -0.25) is 24.6 Å². The Kier molecular flexibility index (Phi) is 11.8. The number of amides is 1. The van der Waals surface area contributed by atoms with E-state index in [4.69, 9.17) is 10.5 Å². The number of Topliss-reactive ketones (excluding diaryl/α,β-unsaturated/α-hetero) is 1. The second-order valence-corrected chi connectivity index (χ2v) is 9.30. The van der Waals surface area contributed by atoms with Gasteiger partial charge in [-0.25, -0.2) is 0 Å². The predicted octanol–water partition coefficient (Wildman–Crippen LogP) is 4.89. The van der Waals surface area contributed by atoms with Gasteiger partial charge in [0.25, 0.3) is 0 Å². The Balaban J connectivity index is 0.000000226. The van der Waals surface area contributed by atoms with E-state index in [0.717, 1.165) is 33.7 Å². The van der Waals surface area contributed by atoms with E-state index in [1.165, 1.54) is 0 Å². The van der Waals surface area contributed by atoms with Gasteiger partial charge in [-0.1, -0.05) is 38.1 Å². The van der Waals surface area contributed by atoms with Crippen LogP contribution in [0, 0.1) is 28.6 Å². The number of aromatic amines is 2. The van der Waals surface area contributed by atoms with E-state index in [1.54, 1.807) is 36.7 Å². The van der Waals surface area contributed by atoms with Crippen molar-refractivity contribution in [3.63, 3.8) is 0 Å². The minimum Gasteiger partial charge on any atom is -0.353 e. The molecule has 2 aromatic carbocycles. The number of nitrogens with zero attached hydrogens (tertiary/aromatic N) is 4. The van der Waals surface area contributed by atoms with Crippen LogP contribution in [0.3, 0.4) is 0 Å². The number of carbonyl (C=O) groups is 3. The molecule has 0 saturated carbocycles. The lowest BCUT2D eigenvalue weighted by molar-refractivity contribution is -0.120. The first kappa shape index (κ1) is 30.1. The van der Waals surface area contributed by atoms with Gasteiger partial charge < -0.3 is 5.32 Å². The Morgan fingerprint density at radius 1 is 0.949 bits per heavy atom. The average molecular weight is 526 g/mol. The fraction of sp³-hybridized carbons (Fsp3) is 0.276. The largest absolute Gasteiger partial charge is 0.353 e. The SMILES string of the molecule is CC(C)CC(=O)/C(C#N)=C/c1ccc2cn[nH]c2c1.CC(C)NC(=O)CC#N.O=Cc1ccc2cn[nH]c2c1. The van der Waals surface area contributed by atoms with Crippen LogP contribution in [0.5, 0.6) is 0 Å². The van der Waals surface area contributed by atoms with Crippen molar-refractivity contribution in [2.75, 3.05) is 0 Å². The van der Waals surface area contributed by atoms with Crippen molar-refractivity contribution < 1.29 is 14.4 Å². The molecule has 1 amide bonds. The summed E-state index contributed by atoms with van der Waals surface area (Å²) in [6.07, 6.45) is 6.26. The minimum atomic E-state index is -0.201. The highest BCUT2D eigenvalue weighted by atomic mass is 16.1. The molecule has 0 aliphatic carbocycles. The highest BCUT2D eigenvalue weighted by Crippen LogP contribution is 2.17. The zero-order valence-electron chi connectivity index (χ0n) is 22.4. The third kappa shape index (κ3) is 10.1. The van der Waals surface area contributed by atoms with Crippen LogP contribution in [0.15, 0.2) is 54.4 Å². The molecular formula is C29H31N7O3. The molecular weight excluding hydrogens is 494 g/mol. The molecule has 2 heterocycles. The van der Waals surface area contributed by atoms with Crippen molar-refractivity contribution in [1.82, 2.24) is 25.7 Å². The van der Waals surface area contributed by atoms with Crippen LogP contribution in [-0.4, -0.2) is 44.4 Å². The summed E-state index contributed by atoms with van der Waals surface area (Å²) >= 11 is 0. The highest BCUT2D eigenvalue weighted by Gasteiger charge is 2.11. The Bertz CT molecular complexity index is 1530. The van der Waals surface area contributed by atoms with Crippen LogP contribution in [0.25, 0.3) is 27.9 Å². The summed E-state index contributed by atoms with van der Waals surface area (Å²) in [5.41, 5.74) is 3.48. The molecule has 0 bridgehead atoms. The number of aldehydes is 1. The first-order valence-electron chi connectivity index (χ1n) is 12.3. The van der Waals surface area contributed by atoms with Crippen molar-refractivity contribution >= 4 is 45.9 Å². The zero-order chi connectivity index (χ0) is 28.8. The summed E-state index contributed by atoms with van der Waals surface area (Å²) in [4.78, 5) is 32.7. The third-order valence-electron chi connectivity index (χ3n) is 5.08. The smallest absolute Gasteiger partial charge is 0.234 e. The molecule has 0 saturated heterocycles. The lowest BCUT2D eigenvalue weighted by Gasteiger charge is -2.03. The van der Waals surface area contributed by atoms with Gasteiger partial charge in [0, 0.05) is 28.8 Å². The quantitative estimate of drug-likeness (QED) is 0.175. The molecule has 4 rings (SSSR count). The van der Waals surface area contributed by atoms with Crippen molar-refractivity contribution in [2.45, 2.75) is 46.6 Å². The summed E-state index contributed by atoms with van der Waals surface area (Å²) < 4.78 is 0. The number of aromatic nitrogens is 4. The molecule has 10 heteroatoms. The summed E-state index contributed by atoms with van der Waals surface area (Å²) in [5, 5.41) is 35.2. The first-order valence-corrected chi connectivity index (χ1v) is 12.3. The molecule has 2 aromatic heterocycles. The fourth-order valence-electron chi connectivity index (χ4n) is 3.34. The van der Waals surface area contributed by atoms with Gasteiger partial charge in [0.2, 0.25) is 5.91 Å². The van der Waals surface area contributed by atoms with Crippen LogP contribution < -0.4 is 5.32 Å². The van der Waals surface area contributed by atoms with Gasteiger partial charge in [-0.15, -0.1) is 0 Å². The maximum absolute atomic E-state index is 11.9. The molecule has 0 atom stereocenters. The number of allylic oxidation sites excluding steroid dienone is 1. The Labute approximate surface area is 226 Å².